The average molecular weight is 260 g/mol. The standard InChI is InChI=1S/C10H18ClN5O/c1-4-10(5-2,6-12)16-8-13-7(11)14-9(15-8)17-3/h4-6,12H2,1-3H3,(H,13,14,15,16). The lowest BCUT2D eigenvalue weighted by atomic mass is 9.93. The van der Waals surface area contributed by atoms with Gasteiger partial charge in [-0.3, -0.25) is 0 Å². The van der Waals surface area contributed by atoms with Crippen molar-refractivity contribution in [2.75, 3.05) is 19.0 Å². The SMILES string of the molecule is CCC(CC)(CN)Nc1nc(Cl)nc(OC)n1. The van der Waals surface area contributed by atoms with Crippen molar-refractivity contribution in [3.8, 4) is 6.01 Å². The van der Waals surface area contributed by atoms with E-state index in [4.69, 9.17) is 22.1 Å². The first-order chi connectivity index (χ1) is 8.09. The number of hydrogen-bond donors (Lipinski definition) is 2. The highest BCUT2D eigenvalue weighted by molar-refractivity contribution is 6.28. The van der Waals surface area contributed by atoms with Gasteiger partial charge < -0.3 is 15.8 Å². The molecule has 3 N–H and O–H groups in total. The van der Waals surface area contributed by atoms with E-state index in [1.165, 1.54) is 7.11 Å². The minimum absolute atomic E-state index is 0.0949. The Morgan fingerprint density at radius 2 is 1.94 bits per heavy atom. The highest BCUT2D eigenvalue weighted by Gasteiger charge is 2.25. The second-order valence-corrected chi connectivity index (χ2v) is 4.07. The summed E-state index contributed by atoms with van der Waals surface area (Å²) in [5.41, 5.74) is 5.56. The molecule has 0 aliphatic carbocycles. The molecule has 6 nitrogen and oxygen atoms in total. The summed E-state index contributed by atoms with van der Waals surface area (Å²) in [6.45, 7) is 4.61. The van der Waals surface area contributed by atoms with Gasteiger partial charge in [-0.25, -0.2) is 0 Å². The third-order valence-corrected chi connectivity index (χ3v) is 3.06. The first-order valence-electron chi connectivity index (χ1n) is 5.53. The number of halogens is 1. The van der Waals surface area contributed by atoms with Gasteiger partial charge in [-0.05, 0) is 24.4 Å². The lowest BCUT2D eigenvalue weighted by Crippen LogP contribution is -2.44. The molecule has 1 rings (SSSR count). The van der Waals surface area contributed by atoms with Crippen LogP contribution in [0.25, 0.3) is 0 Å². The summed E-state index contributed by atoms with van der Waals surface area (Å²) in [5, 5.41) is 3.30. The van der Waals surface area contributed by atoms with E-state index in [0.29, 0.717) is 12.5 Å². The van der Waals surface area contributed by atoms with Crippen LogP contribution in [0.3, 0.4) is 0 Å². The van der Waals surface area contributed by atoms with Gasteiger partial charge in [0.25, 0.3) is 0 Å². The summed E-state index contributed by atoms with van der Waals surface area (Å²) in [5.74, 6) is 0.385. The van der Waals surface area contributed by atoms with Crippen LogP contribution in [0.1, 0.15) is 26.7 Å². The second kappa shape index (κ2) is 5.97. The Bertz CT molecular complexity index is 361. The number of ether oxygens (including phenoxy) is 1. The van der Waals surface area contributed by atoms with Crippen LogP contribution in [0.5, 0.6) is 6.01 Å². The maximum Gasteiger partial charge on any atom is 0.322 e. The molecule has 1 heterocycles. The first-order valence-corrected chi connectivity index (χ1v) is 5.90. The Morgan fingerprint density at radius 3 is 2.41 bits per heavy atom. The van der Waals surface area contributed by atoms with E-state index in [0.717, 1.165) is 12.8 Å². The number of rotatable bonds is 6. The smallest absolute Gasteiger partial charge is 0.322 e. The lowest BCUT2D eigenvalue weighted by molar-refractivity contribution is 0.376. The number of nitrogens with two attached hydrogens (primary N) is 1. The van der Waals surface area contributed by atoms with Gasteiger partial charge in [0.05, 0.1) is 12.6 Å². The van der Waals surface area contributed by atoms with Crippen LogP contribution in [0, 0.1) is 0 Å². The van der Waals surface area contributed by atoms with E-state index in [2.05, 4.69) is 34.1 Å². The van der Waals surface area contributed by atoms with Crippen molar-refractivity contribution in [3.05, 3.63) is 5.28 Å². The Balaban J connectivity index is 2.96. The van der Waals surface area contributed by atoms with Crippen LogP contribution in [0.4, 0.5) is 5.95 Å². The van der Waals surface area contributed by atoms with E-state index in [-0.39, 0.29) is 16.8 Å². The van der Waals surface area contributed by atoms with Crippen molar-refractivity contribution in [1.82, 2.24) is 15.0 Å². The second-order valence-electron chi connectivity index (χ2n) is 3.73. The largest absolute Gasteiger partial charge is 0.467 e. The predicted octanol–water partition coefficient (Wildman–Crippen LogP) is 1.46. The fraction of sp³-hybridized carbons (Fsp3) is 0.700. The van der Waals surface area contributed by atoms with Crippen LogP contribution in [-0.4, -0.2) is 34.1 Å². The molecule has 0 bridgehead atoms. The van der Waals surface area contributed by atoms with Gasteiger partial charge in [0.2, 0.25) is 11.2 Å². The summed E-state index contributed by atoms with van der Waals surface area (Å²) in [4.78, 5) is 11.9. The molecule has 0 radical (unpaired) electrons. The predicted molar refractivity (Wildman–Crippen MR) is 67.4 cm³/mol. The molecular weight excluding hydrogens is 242 g/mol. The van der Waals surface area contributed by atoms with Crippen LogP contribution >= 0.6 is 11.6 Å². The van der Waals surface area contributed by atoms with Crippen molar-refractivity contribution in [2.45, 2.75) is 32.2 Å². The summed E-state index contributed by atoms with van der Waals surface area (Å²) in [6.07, 6.45) is 1.73. The molecule has 0 unspecified atom stereocenters. The Kier molecular flexibility index (Phi) is 4.89. The van der Waals surface area contributed by atoms with Crippen molar-refractivity contribution in [2.24, 2.45) is 5.73 Å². The fourth-order valence-corrected chi connectivity index (χ4v) is 1.64. The van der Waals surface area contributed by atoms with E-state index >= 15 is 0 Å². The molecule has 1 aromatic rings. The molecule has 0 aliphatic rings. The molecule has 0 fully saturated rings. The fourth-order valence-electron chi connectivity index (χ4n) is 1.48. The molecule has 0 saturated heterocycles. The number of anilines is 1. The van der Waals surface area contributed by atoms with Crippen molar-refractivity contribution in [1.29, 1.82) is 0 Å². The normalized spacial score (nSPS) is 11.4. The van der Waals surface area contributed by atoms with E-state index in [1.807, 2.05) is 0 Å². The molecule has 7 heteroatoms. The zero-order valence-electron chi connectivity index (χ0n) is 10.3. The van der Waals surface area contributed by atoms with Crippen LogP contribution < -0.4 is 15.8 Å². The van der Waals surface area contributed by atoms with E-state index in [1.54, 1.807) is 0 Å². The summed E-state index contributed by atoms with van der Waals surface area (Å²) >= 11 is 5.77. The van der Waals surface area contributed by atoms with Gasteiger partial charge in [-0.2, -0.15) is 15.0 Å². The van der Waals surface area contributed by atoms with E-state index < -0.39 is 0 Å². The van der Waals surface area contributed by atoms with Gasteiger partial charge in [0.1, 0.15) is 0 Å². The zero-order valence-corrected chi connectivity index (χ0v) is 11.1. The maximum absolute atomic E-state index is 5.79. The molecule has 17 heavy (non-hydrogen) atoms. The quantitative estimate of drug-likeness (QED) is 0.805. The summed E-state index contributed by atoms with van der Waals surface area (Å²) < 4.78 is 4.93. The van der Waals surface area contributed by atoms with Crippen molar-refractivity contribution >= 4 is 17.5 Å². The Morgan fingerprint density at radius 1 is 1.29 bits per heavy atom. The number of nitrogens with one attached hydrogen (secondary N) is 1. The lowest BCUT2D eigenvalue weighted by Gasteiger charge is -2.31. The Hall–Kier alpha value is -1.14. The van der Waals surface area contributed by atoms with Gasteiger partial charge in [0, 0.05) is 6.54 Å². The first kappa shape index (κ1) is 13.9. The average Bonchev–Trinajstić information content (AvgIpc) is 2.35. The highest BCUT2D eigenvalue weighted by atomic mass is 35.5. The van der Waals surface area contributed by atoms with Crippen molar-refractivity contribution < 1.29 is 4.74 Å². The minimum atomic E-state index is -0.226. The van der Waals surface area contributed by atoms with Crippen LogP contribution in [0.2, 0.25) is 5.28 Å². The number of nitrogens with zero attached hydrogens (tertiary/aromatic N) is 3. The molecule has 0 aliphatic heterocycles. The molecule has 0 amide bonds. The van der Waals surface area contributed by atoms with Crippen LogP contribution in [0.15, 0.2) is 0 Å². The third-order valence-electron chi connectivity index (χ3n) is 2.89. The summed E-state index contributed by atoms with van der Waals surface area (Å²) in [7, 11) is 1.48. The number of methoxy groups -OCH3 is 1. The van der Waals surface area contributed by atoms with Gasteiger partial charge in [0.15, 0.2) is 0 Å². The molecule has 0 spiro atoms. The van der Waals surface area contributed by atoms with Gasteiger partial charge >= 0.3 is 6.01 Å². The van der Waals surface area contributed by atoms with E-state index in [9.17, 15) is 0 Å². The molecule has 0 saturated carbocycles. The zero-order chi connectivity index (χ0) is 12.9. The van der Waals surface area contributed by atoms with Gasteiger partial charge in [-0.1, -0.05) is 13.8 Å². The molecular formula is C10H18ClN5O. The molecule has 1 aromatic heterocycles. The topological polar surface area (TPSA) is 86.0 Å². The monoisotopic (exact) mass is 259 g/mol. The highest BCUT2D eigenvalue weighted by Crippen LogP contribution is 2.20. The van der Waals surface area contributed by atoms with Gasteiger partial charge in [-0.15, -0.1) is 0 Å². The minimum Gasteiger partial charge on any atom is -0.467 e. The number of aromatic nitrogens is 3. The molecule has 0 atom stereocenters. The summed E-state index contributed by atoms with van der Waals surface area (Å²) in [6, 6.07) is 0.186. The van der Waals surface area contributed by atoms with Crippen LogP contribution in [-0.2, 0) is 0 Å². The molecule has 96 valence electrons. The molecule has 0 aromatic carbocycles. The third kappa shape index (κ3) is 3.41. The Labute approximate surface area is 106 Å². The maximum atomic E-state index is 5.79. The van der Waals surface area contributed by atoms with Crippen molar-refractivity contribution in [3.63, 3.8) is 0 Å². The number of hydrogen-bond acceptors (Lipinski definition) is 6.